The van der Waals surface area contributed by atoms with Crippen molar-refractivity contribution in [1.82, 2.24) is 10.1 Å². The van der Waals surface area contributed by atoms with Crippen molar-refractivity contribution in [3.8, 4) is 16.3 Å². The molecule has 0 aliphatic heterocycles. The summed E-state index contributed by atoms with van der Waals surface area (Å²) in [5.74, 6) is 0.172. The highest BCUT2D eigenvalue weighted by molar-refractivity contribution is 7.13. The number of halogens is 1. The van der Waals surface area contributed by atoms with E-state index in [9.17, 15) is 4.79 Å². The number of aryl methyl sites for hydroxylation is 2. The predicted molar refractivity (Wildman–Crippen MR) is 111 cm³/mol. The quantitative estimate of drug-likeness (QED) is 0.479. The van der Waals surface area contributed by atoms with Gasteiger partial charge in [-0.05, 0) is 43.0 Å². The first-order chi connectivity index (χ1) is 13.5. The van der Waals surface area contributed by atoms with E-state index in [-0.39, 0.29) is 5.91 Å². The lowest BCUT2D eigenvalue weighted by Crippen LogP contribution is -2.14. The molecular weight excluding hydrogens is 398 g/mol. The number of rotatable bonds is 4. The van der Waals surface area contributed by atoms with E-state index in [1.165, 1.54) is 18.4 Å². The molecule has 28 heavy (non-hydrogen) atoms. The lowest BCUT2D eigenvalue weighted by molar-refractivity contribution is 0.102. The van der Waals surface area contributed by atoms with Gasteiger partial charge in [0.25, 0.3) is 11.6 Å². The van der Waals surface area contributed by atoms with Gasteiger partial charge in [0, 0.05) is 11.1 Å². The summed E-state index contributed by atoms with van der Waals surface area (Å²) in [6.45, 7) is 3.64. The van der Waals surface area contributed by atoms with Crippen LogP contribution in [0.15, 0.2) is 40.2 Å². The zero-order valence-corrected chi connectivity index (χ0v) is 16.9. The Morgan fingerprint density at radius 1 is 1.29 bits per heavy atom. The number of amides is 1. The van der Waals surface area contributed by atoms with Crippen LogP contribution in [0.2, 0.25) is 5.02 Å². The monoisotopic (exact) mass is 413 g/mol. The van der Waals surface area contributed by atoms with Crippen LogP contribution in [0.25, 0.3) is 21.7 Å². The summed E-state index contributed by atoms with van der Waals surface area (Å²) in [7, 11) is 1.53. The average Bonchev–Trinajstić information content (AvgIpc) is 3.34. The topological polar surface area (TPSA) is 77.2 Å². The van der Waals surface area contributed by atoms with Crippen molar-refractivity contribution in [2.75, 3.05) is 12.4 Å². The van der Waals surface area contributed by atoms with Gasteiger partial charge in [0.2, 0.25) is 0 Å². The number of anilines is 1. The fourth-order valence-electron chi connectivity index (χ4n) is 2.94. The van der Waals surface area contributed by atoms with Gasteiger partial charge < -0.3 is 14.6 Å². The number of nitrogens with one attached hydrogen (secondary N) is 1. The standard InChI is InChI=1S/C20H16ClN3O3S/c1-10-7-14(16(26-3)9-13(10)21)22-19(25)12-8-15(17-5-4-6-28-17)23-20-18(12)11(2)24-27-20/h4-9H,1-3H3,(H,22,25). The van der Waals surface area contributed by atoms with Crippen molar-refractivity contribution in [2.45, 2.75) is 13.8 Å². The van der Waals surface area contributed by atoms with Crippen molar-refractivity contribution in [3.63, 3.8) is 0 Å². The van der Waals surface area contributed by atoms with E-state index >= 15 is 0 Å². The Balaban J connectivity index is 1.81. The third-order valence-electron chi connectivity index (χ3n) is 4.36. The van der Waals surface area contributed by atoms with Crippen LogP contribution in [0.1, 0.15) is 21.6 Å². The minimum Gasteiger partial charge on any atom is -0.495 e. The Labute approximate surface area is 170 Å². The number of nitrogens with zero attached hydrogens (tertiary/aromatic N) is 2. The summed E-state index contributed by atoms with van der Waals surface area (Å²) in [5, 5.41) is 9.99. The largest absolute Gasteiger partial charge is 0.495 e. The zero-order chi connectivity index (χ0) is 19.8. The summed E-state index contributed by atoms with van der Waals surface area (Å²) in [6, 6.07) is 9.07. The minimum absolute atomic E-state index is 0.309. The molecule has 0 aliphatic carbocycles. The smallest absolute Gasteiger partial charge is 0.259 e. The molecule has 3 heterocycles. The predicted octanol–water partition coefficient (Wildman–Crippen LogP) is 5.48. The maximum Gasteiger partial charge on any atom is 0.259 e. The number of thiophene rings is 1. The summed E-state index contributed by atoms with van der Waals surface area (Å²) in [6.07, 6.45) is 0. The molecule has 1 aromatic carbocycles. The summed E-state index contributed by atoms with van der Waals surface area (Å²) >= 11 is 7.69. The van der Waals surface area contributed by atoms with Crippen molar-refractivity contribution >= 4 is 45.6 Å². The van der Waals surface area contributed by atoms with Gasteiger partial charge in [0.15, 0.2) is 0 Å². The van der Waals surface area contributed by atoms with E-state index in [1.807, 2.05) is 24.4 Å². The maximum atomic E-state index is 13.2. The molecule has 0 fully saturated rings. The molecular formula is C20H16ClN3O3S. The lowest BCUT2D eigenvalue weighted by Gasteiger charge is -2.13. The Morgan fingerprint density at radius 3 is 2.82 bits per heavy atom. The molecule has 0 unspecified atom stereocenters. The second-order valence-corrected chi connectivity index (χ2v) is 7.59. The molecule has 1 amide bonds. The number of hydrogen-bond donors (Lipinski definition) is 1. The first-order valence-corrected chi connectivity index (χ1v) is 9.70. The van der Waals surface area contributed by atoms with Gasteiger partial charge in [-0.25, -0.2) is 4.98 Å². The van der Waals surface area contributed by atoms with Crippen LogP contribution < -0.4 is 10.1 Å². The third-order valence-corrected chi connectivity index (χ3v) is 5.66. The number of benzene rings is 1. The van der Waals surface area contributed by atoms with Crippen molar-refractivity contribution in [2.24, 2.45) is 0 Å². The molecule has 4 rings (SSSR count). The lowest BCUT2D eigenvalue weighted by atomic mass is 10.1. The van der Waals surface area contributed by atoms with E-state index in [0.717, 1.165) is 10.4 Å². The van der Waals surface area contributed by atoms with Crippen LogP contribution in [0.4, 0.5) is 5.69 Å². The van der Waals surface area contributed by atoms with Gasteiger partial charge >= 0.3 is 0 Å². The van der Waals surface area contributed by atoms with E-state index in [0.29, 0.717) is 44.5 Å². The van der Waals surface area contributed by atoms with Crippen LogP contribution in [-0.4, -0.2) is 23.2 Å². The number of carbonyl (C=O) groups is 1. The van der Waals surface area contributed by atoms with E-state index in [2.05, 4.69) is 15.5 Å². The zero-order valence-electron chi connectivity index (χ0n) is 15.4. The molecule has 1 N–H and O–H groups in total. The molecule has 0 spiro atoms. The van der Waals surface area contributed by atoms with Crippen molar-refractivity contribution in [1.29, 1.82) is 0 Å². The Kier molecular flexibility index (Phi) is 4.78. The number of ether oxygens (including phenoxy) is 1. The van der Waals surface area contributed by atoms with E-state index < -0.39 is 0 Å². The van der Waals surface area contributed by atoms with Crippen LogP contribution in [0.5, 0.6) is 5.75 Å². The number of methoxy groups -OCH3 is 1. The highest BCUT2D eigenvalue weighted by Crippen LogP contribution is 2.33. The molecule has 4 aromatic rings. The van der Waals surface area contributed by atoms with Crippen molar-refractivity contribution in [3.05, 3.63) is 57.6 Å². The van der Waals surface area contributed by atoms with Gasteiger partial charge in [0.05, 0.1) is 40.0 Å². The summed E-state index contributed by atoms with van der Waals surface area (Å²) < 4.78 is 10.7. The highest BCUT2D eigenvalue weighted by atomic mass is 35.5. The van der Waals surface area contributed by atoms with Gasteiger partial charge in [0.1, 0.15) is 5.75 Å². The Hall–Kier alpha value is -2.90. The molecule has 0 bridgehead atoms. The minimum atomic E-state index is -0.309. The number of carbonyl (C=O) groups excluding carboxylic acids is 1. The van der Waals surface area contributed by atoms with Crippen LogP contribution in [0, 0.1) is 13.8 Å². The second kappa shape index (κ2) is 7.26. The molecule has 3 aromatic heterocycles. The number of fused-ring (bicyclic) bond motifs is 1. The van der Waals surface area contributed by atoms with Gasteiger partial charge in [-0.1, -0.05) is 22.8 Å². The van der Waals surface area contributed by atoms with E-state index in [4.69, 9.17) is 20.9 Å². The van der Waals surface area contributed by atoms with Gasteiger partial charge in [-0.3, -0.25) is 4.79 Å². The fraction of sp³-hybridized carbons (Fsp3) is 0.150. The molecule has 6 nitrogen and oxygen atoms in total. The first-order valence-electron chi connectivity index (χ1n) is 8.44. The van der Waals surface area contributed by atoms with Crippen LogP contribution in [-0.2, 0) is 0 Å². The number of aromatic nitrogens is 2. The number of pyridine rings is 1. The second-order valence-electron chi connectivity index (χ2n) is 6.24. The molecule has 8 heteroatoms. The van der Waals surface area contributed by atoms with Crippen molar-refractivity contribution < 1.29 is 14.1 Å². The van der Waals surface area contributed by atoms with Gasteiger partial charge in [-0.15, -0.1) is 11.3 Å². The Bertz CT molecular complexity index is 1190. The van der Waals surface area contributed by atoms with Crippen LogP contribution >= 0.6 is 22.9 Å². The third kappa shape index (κ3) is 3.23. The Morgan fingerprint density at radius 2 is 2.11 bits per heavy atom. The van der Waals surface area contributed by atoms with Gasteiger partial charge in [-0.2, -0.15) is 0 Å². The molecule has 0 atom stereocenters. The maximum absolute atomic E-state index is 13.2. The first kappa shape index (κ1) is 18.5. The molecule has 0 saturated heterocycles. The highest BCUT2D eigenvalue weighted by Gasteiger charge is 2.21. The summed E-state index contributed by atoms with van der Waals surface area (Å²) in [5.41, 5.74) is 3.38. The van der Waals surface area contributed by atoms with E-state index in [1.54, 1.807) is 25.1 Å². The molecule has 0 saturated carbocycles. The molecule has 0 aliphatic rings. The summed E-state index contributed by atoms with van der Waals surface area (Å²) in [4.78, 5) is 18.6. The molecule has 0 radical (unpaired) electrons. The fourth-order valence-corrected chi connectivity index (χ4v) is 3.78. The molecule has 142 valence electrons. The average molecular weight is 414 g/mol. The van der Waals surface area contributed by atoms with Crippen LogP contribution in [0.3, 0.4) is 0 Å². The number of hydrogen-bond acceptors (Lipinski definition) is 6. The normalized spacial score (nSPS) is 11.0. The SMILES string of the molecule is COc1cc(Cl)c(C)cc1NC(=O)c1cc(-c2cccs2)nc2onc(C)c12.